The van der Waals surface area contributed by atoms with Gasteiger partial charge in [0.05, 0.1) is 0 Å². The zero-order valence-electron chi connectivity index (χ0n) is 18.8. The number of nitrogens with zero attached hydrogens (tertiary/aromatic N) is 5. The average Bonchev–Trinajstić information content (AvgIpc) is 3.67. The molecule has 2 atom stereocenters. The first-order valence-electron chi connectivity index (χ1n) is 12.6. The number of hydrogen-bond acceptors (Lipinski definition) is 6. The maximum absolute atomic E-state index is 12.6. The van der Waals surface area contributed by atoms with Gasteiger partial charge < -0.3 is 15.1 Å². The fourth-order valence-corrected chi connectivity index (χ4v) is 5.57. The highest BCUT2D eigenvalue weighted by Crippen LogP contribution is 2.32. The Labute approximate surface area is 186 Å². The molecule has 1 amide bonds. The van der Waals surface area contributed by atoms with E-state index in [-0.39, 0.29) is 0 Å². The monoisotopic (exact) mass is 426 g/mol. The largest absolute Gasteiger partial charge is 0.356 e. The van der Waals surface area contributed by atoms with Crippen molar-refractivity contribution in [3.8, 4) is 0 Å². The van der Waals surface area contributed by atoms with Gasteiger partial charge in [0.2, 0.25) is 11.9 Å². The predicted octanol–water partition coefficient (Wildman–Crippen LogP) is 3.13. The minimum atomic E-state index is 0.336. The van der Waals surface area contributed by atoms with Crippen molar-refractivity contribution in [3.05, 3.63) is 12.3 Å². The number of nitrogens with one attached hydrogen (secondary N) is 1. The van der Waals surface area contributed by atoms with E-state index in [0.717, 1.165) is 76.7 Å². The summed E-state index contributed by atoms with van der Waals surface area (Å²) in [4.78, 5) is 29.1. The molecule has 4 fully saturated rings. The smallest absolute Gasteiger partial charge is 0.225 e. The minimum absolute atomic E-state index is 0.336. The second kappa shape index (κ2) is 9.72. The van der Waals surface area contributed by atoms with Crippen LogP contribution in [0.3, 0.4) is 0 Å². The molecule has 3 aliphatic heterocycles. The first kappa shape index (κ1) is 21.0. The maximum Gasteiger partial charge on any atom is 0.225 e. The Balaban J connectivity index is 1.18. The van der Waals surface area contributed by atoms with Crippen LogP contribution in [0.4, 0.5) is 11.8 Å². The first-order chi connectivity index (χ1) is 15.3. The standard InChI is InChI=1S/C24H38N6O/c31-23(19-9-10-19)30-16-6-8-21(18-30)29-15-5-7-20(17-29)26-24-25-12-11-22(27-24)28-13-3-1-2-4-14-28/h11-12,19-21H,1-10,13-18H2,(H,25,26,27). The molecule has 31 heavy (non-hydrogen) atoms. The van der Waals surface area contributed by atoms with Crippen molar-refractivity contribution in [1.82, 2.24) is 19.8 Å². The van der Waals surface area contributed by atoms with Crippen LogP contribution in [0.1, 0.15) is 64.2 Å². The Morgan fingerprint density at radius 3 is 2.52 bits per heavy atom. The van der Waals surface area contributed by atoms with Crippen molar-refractivity contribution in [1.29, 1.82) is 0 Å². The van der Waals surface area contributed by atoms with Crippen LogP contribution >= 0.6 is 0 Å². The second-order valence-corrected chi connectivity index (χ2v) is 9.97. The third-order valence-electron chi connectivity index (χ3n) is 7.51. The molecule has 0 bridgehead atoms. The van der Waals surface area contributed by atoms with Crippen LogP contribution in [0.2, 0.25) is 0 Å². The van der Waals surface area contributed by atoms with Crippen LogP contribution in [0, 0.1) is 5.92 Å². The number of piperidine rings is 2. The fourth-order valence-electron chi connectivity index (χ4n) is 5.57. The number of likely N-dealkylation sites (tertiary alicyclic amines) is 2. The van der Waals surface area contributed by atoms with Crippen LogP contribution in [-0.2, 0) is 4.79 Å². The van der Waals surface area contributed by atoms with Gasteiger partial charge in [-0.05, 0) is 64.0 Å². The minimum Gasteiger partial charge on any atom is -0.356 e. The van der Waals surface area contributed by atoms with Crippen LogP contribution in [0.15, 0.2) is 12.3 Å². The molecular formula is C24H38N6O. The summed E-state index contributed by atoms with van der Waals surface area (Å²) < 4.78 is 0. The number of anilines is 2. The summed E-state index contributed by atoms with van der Waals surface area (Å²) in [5.74, 6) is 2.58. The molecule has 1 aromatic rings. The van der Waals surface area contributed by atoms with Crippen molar-refractivity contribution < 1.29 is 4.79 Å². The molecule has 3 saturated heterocycles. The number of hydrogen-bond donors (Lipinski definition) is 1. The first-order valence-corrected chi connectivity index (χ1v) is 12.6. The van der Waals surface area contributed by atoms with Gasteiger partial charge in [-0.25, -0.2) is 4.98 Å². The Morgan fingerprint density at radius 1 is 0.903 bits per heavy atom. The summed E-state index contributed by atoms with van der Waals surface area (Å²) >= 11 is 0. The van der Waals surface area contributed by atoms with E-state index < -0.39 is 0 Å². The lowest BCUT2D eigenvalue weighted by atomic mass is 9.98. The quantitative estimate of drug-likeness (QED) is 0.780. The third-order valence-corrected chi connectivity index (χ3v) is 7.51. The molecule has 2 unspecified atom stereocenters. The fraction of sp³-hybridized carbons (Fsp3) is 0.792. The number of carbonyl (C=O) groups excluding carboxylic acids is 1. The van der Waals surface area contributed by atoms with E-state index in [1.807, 2.05) is 6.20 Å². The summed E-state index contributed by atoms with van der Waals surface area (Å²) in [6.07, 6.45) is 14.0. The molecule has 4 heterocycles. The highest BCUT2D eigenvalue weighted by molar-refractivity contribution is 5.81. The van der Waals surface area contributed by atoms with Crippen molar-refractivity contribution in [2.45, 2.75) is 76.3 Å². The predicted molar refractivity (Wildman–Crippen MR) is 123 cm³/mol. The van der Waals surface area contributed by atoms with Gasteiger partial charge >= 0.3 is 0 Å². The van der Waals surface area contributed by atoms with Crippen LogP contribution in [-0.4, -0.2) is 77.0 Å². The van der Waals surface area contributed by atoms with E-state index in [0.29, 0.717) is 23.9 Å². The van der Waals surface area contributed by atoms with E-state index in [2.05, 4.69) is 31.1 Å². The summed E-state index contributed by atoms with van der Waals surface area (Å²) in [5, 5.41) is 3.64. The lowest BCUT2D eigenvalue weighted by Crippen LogP contribution is -2.54. The van der Waals surface area contributed by atoms with Gasteiger partial charge in [0, 0.05) is 56.9 Å². The van der Waals surface area contributed by atoms with Gasteiger partial charge in [0.25, 0.3) is 0 Å². The zero-order chi connectivity index (χ0) is 21.0. The molecule has 1 N–H and O–H groups in total. The number of aromatic nitrogens is 2. The van der Waals surface area contributed by atoms with E-state index in [4.69, 9.17) is 4.98 Å². The molecule has 7 nitrogen and oxygen atoms in total. The zero-order valence-corrected chi connectivity index (χ0v) is 18.8. The van der Waals surface area contributed by atoms with Gasteiger partial charge in [-0.3, -0.25) is 9.69 Å². The Kier molecular flexibility index (Phi) is 6.58. The molecule has 4 aliphatic rings. The van der Waals surface area contributed by atoms with E-state index in [1.54, 1.807) is 0 Å². The van der Waals surface area contributed by atoms with Gasteiger partial charge in [-0.15, -0.1) is 0 Å². The number of rotatable bonds is 5. The molecule has 7 heteroatoms. The van der Waals surface area contributed by atoms with Gasteiger partial charge in [0.1, 0.15) is 5.82 Å². The van der Waals surface area contributed by atoms with Crippen LogP contribution in [0.5, 0.6) is 0 Å². The van der Waals surface area contributed by atoms with Gasteiger partial charge in [-0.2, -0.15) is 4.98 Å². The summed E-state index contributed by atoms with van der Waals surface area (Å²) in [5.41, 5.74) is 0. The number of carbonyl (C=O) groups is 1. The van der Waals surface area contributed by atoms with Crippen molar-refractivity contribution in [2.75, 3.05) is 49.5 Å². The normalized spacial score (nSPS) is 28.3. The molecular weight excluding hydrogens is 388 g/mol. The van der Waals surface area contributed by atoms with Crippen molar-refractivity contribution >= 4 is 17.7 Å². The average molecular weight is 427 g/mol. The molecule has 5 rings (SSSR count). The lowest BCUT2D eigenvalue weighted by molar-refractivity contribution is -0.134. The lowest BCUT2D eigenvalue weighted by Gasteiger charge is -2.43. The van der Waals surface area contributed by atoms with Crippen LogP contribution < -0.4 is 10.2 Å². The molecule has 0 spiro atoms. The van der Waals surface area contributed by atoms with E-state index >= 15 is 0 Å². The third kappa shape index (κ3) is 5.30. The SMILES string of the molecule is O=C(C1CC1)N1CCCC(N2CCCC(Nc3nccc(N4CCCCCC4)n3)C2)C1. The second-order valence-electron chi connectivity index (χ2n) is 9.97. The highest BCUT2D eigenvalue weighted by atomic mass is 16.2. The molecule has 0 radical (unpaired) electrons. The van der Waals surface area contributed by atoms with E-state index in [9.17, 15) is 4.79 Å². The molecule has 0 aromatic carbocycles. The van der Waals surface area contributed by atoms with Gasteiger partial charge in [0.15, 0.2) is 0 Å². The summed E-state index contributed by atoms with van der Waals surface area (Å²) in [6.45, 7) is 6.24. The summed E-state index contributed by atoms with van der Waals surface area (Å²) in [6, 6.07) is 2.94. The molecule has 1 aromatic heterocycles. The maximum atomic E-state index is 12.6. The molecule has 1 saturated carbocycles. The molecule has 1 aliphatic carbocycles. The highest BCUT2D eigenvalue weighted by Gasteiger charge is 2.37. The van der Waals surface area contributed by atoms with Crippen molar-refractivity contribution in [3.63, 3.8) is 0 Å². The van der Waals surface area contributed by atoms with Gasteiger partial charge in [-0.1, -0.05) is 12.8 Å². The number of amides is 1. The molecule has 170 valence electrons. The topological polar surface area (TPSA) is 64.6 Å². The Bertz CT molecular complexity index is 745. The summed E-state index contributed by atoms with van der Waals surface area (Å²) in [7, 11) is 0. The Hall–Kier alpha value is -1.89. The van der Waals surface area contributed by atoms with Crippen molar-refractivity contribution in [2.24, 2.45) is 5.92 Å². The van der Waals surface area contributed by atoms with Crippen LogP contribution in [0.25, 0.3) is 0 Å². The van der Waals surface area contributed by atoms with E-state index in [1.165, 1.54) is 38.5 Å². The Morgan fingerprint density at radius 2 is 1.71 bits per heavy atom.